The number of rotatable bonds is 15. The number of primary amides is 2. The van der Waals surface area contributed by atoms with Crippen molar-refractivity contribution in [1.82, 2.24) is 9.97 Å². The molecule has 0 saturated heterocycles. The molecule has 506 valence electrons. The number of aromatic amines is 1. The lowest BCUT2D eigenvalue weighted by Crippen LogP contribution is -2.22. The van der Waals surface area contributed by atoms with Gasteiger partial charge in [-0.3, -0.25) is 24.2 Å². The minimum Gasteiger partial charge on any atom is -0.481 e. The monoisotopic (exact) mass is 1230 g/mol. The number of thioether (sulfide) groups is 1. The fraction of sp³-hybridized carbons (Fsp3) is 0.785. The third kappa shape index (κ3) is 311. The lowest BCUT2D eigenvalue weighted by atomic mass is 10.2. The van der Waals surface area contributed by atoms with Crippen LogP contribution in [0.15, 0.2) is 47.8 Å². The average Bonchev–Trinajstić information content (AvgIpc) is 4.17. The summed E-state index contributed by atoms with van der Waals surface area (Å²) in [6.45, 7) is 48.0. The van der Waals surface area contributed by atoms with Crippen molar-refractivity contribution in [3.05, 3.63) is 54.1 Å². The first kappa shape index (κ1) is 114. The lowest BCUT2D eigenvalue weighted by molar-refractivity contribution is -0.137. The van der Waals surface area contributed by atoms with Crippen LogP contribution in [-0.2, 0) is 25.6 Å². The van der Waals surface area contributed by atoms with Gasteiger partial charge in [0.1, 0.15) is 0 Å². The number of carboxylic acid groups (broad SMARTS) is 2. The third-order valence-electron chi connectivity index (χ3n) is 7.02. The van der Waals surface area contributed by atoms with Gasteiger partial charge in [0.25, 0.3) is 0 Å². The number of aliphatic carboxylic acids is 2. The summed E-state index contributed by atoms with van der Waals surface area (Å²) in [7, 11) is 0. The van der Waals surface area contributed by atoms with Crippen molar-refractivity contribution in [3.8, 4) is 0 Å². The van der Waals surface area contributed by atoms with Gasteiger partial charge >= 0.3 is 11.9 Å². The van der Waals surface area contributed by atoms with Crippen molar-refractivity contribution in [1.29, 1.82) is 0 Å². The van der Waals surface area contributed by atoms with Crippen molar-refractivity contribution in [2.75, 3.05) is 37.5 Å². The molecule has 1 heterocycles. The van der Waals surface area contributed by atoms with Crippen LogP contribution in [0.1, 0.15) is 279 Å². The van der Waals surface area contributed by atoms with E-state index in [0.29, 0.717) is 19.3 Å². The first-order valence-electron chi connectivity index (χ1n) is 31.1. The fourth-order valence-electron chi connectivity index (χ4n) is 3.16. The minimum absolute atomic E-state index is 0.167. The Morgan fingerprint density at radius 2 is 0.988 bits per heavy atom. The van der Waals surface area contributed by atoms with Gasteiger partial charge in [-0.1, -0.05) is 220 Å². The maximum Gasteiger partial charge on any atom is 0.303 e. The molecule has 0 aliphatic heterocycles. The van der Waals surface area contributed by atoms with Gasteiger partial charge in [0.15, 0.2) is 5.96 Å². The Kier molecular flexibility index (Phi) is 171. The summed E-state index contributed by atoms with van der Waals surface area (Å²) < 4.78 is 0. The molecule has 1 aliphatic rings. The van der Waals surface area contributed by atoms with Crippen molar-refractivity contribution >= 4 is 54.1 Å². The Morgan fingerprint density at radius 3 is 1.08 bits per heavy atom. The number of carboxylic acids is 2. The van der Waals surface area contributed by atoms with Crippen LogP contribution in [-0.4, -0.2) is 104 Å². The SMILES string of the molecule is C1CCCC1.CC.CC(C)C.CC(C)C.CC(C)O.CCC(=O)O.CCC(N)=O.CCCC.CCCC(=O)O.CCCC(N)=O.CCCCN.CCCCN=C(N)N.CCCSC.CCO.CCS.CCc1ccccc1.Cc1cnc[nH]1. The second-order valence-electron chi connectivity index (χ2n) is 18.8. The van der Waals surface area contributed by atoms with Crippen molar-refractivity contribution in [3.63, 3.8) is 0 Å². The van der Waals surface area contributed by atoms with Crippen LogP contribution in [0.2, 0.25) is 0 Å². The van der Waals surface area contributed by atoms with E-state index in [2.05, 4.69) is 147 Å². The highest BCUT2D eigenvalue weighted by Gasteiger charge is 1.95. The molecule has 15 N–H and O–H groups in total. The largest absolute Gasteiger partial charge is 0.481 e. The summed E-state index contributed by atoms with van der Waals surface area (Å²) in [6, 6.07) is 10.5. The third-order valence-corrected chi connectivity index (χ3v) is 7.84. The van der Waals surface area contributed by atoms with Crippen LogP contribution in [0.5, 0.6) is 0 Å². The number of imidazole rings is 1. The van der Waals surface area contributed by atoms with Gasteiger partial charge in [-0.25, -0.2) is 4.98 Å². The zero-order valence-corrected chi connectivity index (χ0v) is 60.5. The molecule has 0 bridgehead atoms. The van der Waals surface area contributed by atoms with Crippen molar-refractivity contribution < 1.29 is 39.6 Å². The van der Waals surface area contributed by atoms with Crippen molar-refractivity contribution in [2.45, 2.75) is 287 Å². The number of amides is 2. The number of guanidine groups is 1. The van der Waals surface area contributed by atoms with Crippen LogP contribution in [0, 0.1) is 18.8 Å². The standard InChI is InChI=1S/C8H10.C5H13N3.C5H10.C4H6N2.C4H9NO.C4H11N.C4H8O2.C4H10S.3C4H10.C3H7NO.C3H6O2.C3H8O.C2H6O.C2H6S.C2H6/c1-2-8-6-4-3-5-7-8;1-2-3-4-8-5(6)7;1-2-4-5-3-1;1-4-2-5-3-6-4;1-2-3-4(5)6;1-2-3-4-5;1-2-3-4(5)6;1-3-4-5-2;2*1-4(2)3;1-3-4-2;2*1-2-3(4)5;1-3(2)4;2*1-2-3;1-2/h3-7H,2H2,1H3;2-4H2,1H3,(H4,6,7,8);1-5H2;2-3H,1H3,(H,5,6);2-3H2,1H3,(H2,5,6);2-5H2,1H3;2-3H2,1H3,(H,5,6);3-4H2,1-2H3;2*4H,1-3H3;3-4H2,1-2H3;2H2,1H3,(H2,4,5);2H2,1H3,(H,4,5);3-4H,1-2H3;2*3H,2H2,1H3;1-2H3. The summed E-state index contributed by atoms with van der Waals surface area (Å²) in [5.41, 5.74) is 27.2. The van der Waals surface area contributed by atoms with Gasteiger partial charge in [0.2, 0.25) is 11.8 Å². The number of aliphatic hydroxyl groups is 2. The zero-order valence-electron chi connectivity index (χ0n) is 58.8. The van der Waals surface area contributed by atoms with Gasteiger partial charge in [0.05, 0.1) is 6.33 Å². The van der Waals surface area contributed by atoms with Gasteiger partial charge in [-0.05, 0) is 108 Å². The highest BCUT2D eigenvalue weighted by molar-refractivity contribution is 7.98. The molecular weight excluding hydrogens is 1080 g/mol. The van der Waals surface area contributed by atoms with E-state index >= 15 is 0 Å². The van der Waals surface area contributed by atoms with Crippen LogP contribution in [0.4, 0.5) is 0 Å². The molecule has 0 atom stereocenters. The number of unbranched alkanes of at least 4 members (excludes halogenated alkanes) is 3. The van der Waals surface area contributed by atoms with E-state index < -0.39 is 11.9 Å². The Morgan fingerprint density at radius 1 is 0.639 bits per heavy atom. The molecule has 18 heteroatoms. The quantitative estimate of drug-likeness (QED) is 0.0342. The molecule has 83 heavy (non-hydrogen) atoms. The Hall–Kier alpha value is -3.84. The number of H-pyrrole nitrogens is 1. The van der Waals surface area contributed by atoms with E-state index in [9.17, 15) is 19.2 Å². The summed E-state index contributed by atoms with van der Waals surface area (Å²) in [5.74, 6) is 2.20. The molecule has 3 rings (SSSR count). The number of benzene rings is 1. The Bertz CT molecular complexity index is 1270. The maximum atomic E-state index is 9.82. The van der Waals surface area contributed by atoms with E-state index in [0.717, 1.165) is 68.5 Å². The summed E-state index contributed by atoms with van der Waals surface area (Å²) in [6.07, 6.45) is 25.6. The normalized spacial score (nSPS) is 9.05. The van der Waals surface area contributed by atoms with E-state index in [1.54, 1.807) is 47.1 Å². The first-order valence-corrected chi connectivity index (χ1v) is 33.1. The molecule has 1 aromatic carbocycles. The Balaban J connectivity index is -0.0000000512. The molecule has 16 nitrogen and oxygen atoms in total. The molecule has 1 aromatic heterocycles. The number of hydrogen-bond donors (Lipinski definition) is 11. The number of nitrogens with zero attached hydrogens (tertiary/aromatic N) is 2. The van der Waals surface area contributed by atoms with Gasteiger partial charge < -0.3 is 54.1 Å². The number of carbonyl (C=O) groups excluding carboxylic acids is 2. The second-order valence-corrected chi connectivity index (χ2v) is 20.4. The Labute approximate surface area is 525 Å². The smallest absolute Gasteiger partial charge is 0.303 e. The van der Waals surface area contributed by atoms with Gasteiger partial charge in [-0.2, -0.15) is 24.4 Å². The lowest BCUT2D eigenvalue weighted by Gasteiger charge is -1.89. The van der Waals surface area contributed by atoms with E-state index in [4.69, 9.17) is 43.4 Å². The van der Waals surface area contributed by atoms with E-state index in [-0.39, 0.29) is 36.9 Å². The fourth-order valence-corrected chi connectivity index (χ4v) is 3.57. The highest BCUT2D eigenvalue weighted by atomic mass is 32.2. The molecule has 2 aromatic rings. The van der Waals surface area contributed by atoms with Crippen LogP contribution in [0.3, 0.4) is 0 Å². The predicted molar refractivity (Wildman–Crippen MR) is 377 cm³/mol. The average molecular weight is 1230 g/mol. The summed E-state index contributed by atoms with van der Waals surface area (Å²) >= 11 is 5.69. The number of aliphatic hydroxyl groups excluding tert-OH is 2. The van der Waals surface area contributed by atoms with Gasteiger partial charge in [-0.15, -0.1) is 0 Å². The number of aryl methyl sites for hydroxylation is 2. The minimum atomic E-state index is -0.745. The highest BCUT2D eigenvalue weighted by Crippen LogP contribution is 2.15. The number of nitrogens with one attached hydrogen (secondary N) is 1. The molecule has 0 spiro atoms. The van der Waals surface area contributed by atoms with E-state index in [1.807, 2.05) is 59.4 Å². The summed E-state index contributed by atoms with van der Waals surface area (Å²) in [5, 5.41) is 31.3. The topological polar surface area (TPSA) is 320 Å². The molecule has 1 aliphatic carbocycles. The number of carbonyl (C=O) groups is 4. The second kappa shape index (κ2) is 124. The maximum absolute atomic E-state index is 9.82. The molecule has 0 radical (unpaired) electrons. The van der Waals surface area contributed by atoms with Crippen LogP contribution in [0.25, 0.3) is 0 Å². The predicted octanol–water partition coefficient (Wildman–Crippen LogP) is 16.5. The number of thiol groups is 1. The number of aliphatic imine (C=N–C) groups is 1. The van der Waals surface area contributed by atoms with Crippen LogP contribution >= 0.6 is 24.4 Å². The zero-order chi connectivity index (χ0) is 68.5. The molecule has 1 fully saturated rings. The molecule has 0 unspecified atom stereocenters. The van der Waals surface area contributed by atoms with Gasteiger partial charge in [0, 0.05) is 56.8 Å². The molecule has 2 amide bonds. The number of hydrogen-bond acceptors (Lipinski definition) is 11. The molecular formula is C65H146N8O8S2. The van der Waals surface area contributed by atoms with Crippen LogP contribution < -0.4 is 28.7 Å². The summed E-state index contributed by atoms with van der Waals surface area (Å²) in [4.78, 5) is 48.8. The first-order chi connectivity index (χ1) is 38.9. The van der Waals surface area contributed by atoms with Crippen molar-refractivity contribution in [2.24, 2.45) is 45.5 Å². The molecule has 1 saturated carbocycles. The number of aromatic nitrogens is 2. The number of nitrogens with two attached hydrogens (primary N) is 5. The van der Waals surface area contributed by atoms with E-state index in [1.165, 1.54) is 75.5 Å².